The zero-order chi connectivity index (χ0) is 12.4. The fraction of sp³-hybridized carbons (Fsp3) is 0.615. The van der Waals surface area contributed by atoms with E-state index in [0.29, 0.717) is 0 Å². The van der Waals surface area contributed by atoms with Gasteiger partial charge in [-0.2, -0.15) is 11.3 Å². The van der Waals surface area contributed by atoms with Crippen LogP contribution in [0.15, 0.2) is 10.8 Å². The maximum Gasteiger partial charge on any atom is 0.241 e. The molecule has 1 aliphatic rings. The van der Waals surface area contributed by atoms with Gasteiger partial charge in [-0.15, -0.1) is 0 Å². The van der Waals surface area contributed by atoms with E-state index in [9.17, 15) is 4.79 Å². The maximum atomic E-state index is 12.2. The molecule has 3 nitrogen and oxygen atoms in total. The van der Waals surface area contributed by atoms with Crippen LogP contribution in [0.3, 0.4) is 0 Å². The molecule has 1 aliphatic heterocycles. The fourth-order valence-corrected chi connectivity index (χ4v) is 3.13. The molecule has 2 rings (SSSR count). The third-order valence-electron chi connectivity index (χ3n) is 3.37. The Labute approximate surface area is 107 Å². The van der Waals surface area contributed by atoms with E-state index in [-0.39, 0.29) is 18.1 Å². The second-order valence-electron chi connectivity index (χ2n) is 4.73. The van der Waals surface area contributed by atoms with Gasteiger partial charge < -0.3 is 4.90 Å². The standard InChI is InChI=1S/C13H20N2OS/c1-4-5-12-13(16)15(10(3)14-12)6-11-8-17-7-9(11)2/h7-8,10,12,14H,4-6H2,1-3H3. The zero-order valence-corrected chi connectivity index (χ0v) is 11.5. The molecular formula is C13H20N2OS. The quantitative estimate of drug-likeness (QED) is 0.893. The summed E-state index contributed by atoms with van der Waals surface area (Å²) in [6.07, 6.45) is 2.13. The lowest BCUT2D eigenvalue weighted by Crippen LogP contribution is -2.34. The summed E-state index contributed by atoms with van der Waals surface area (Å²) in [7, 11) is 0. The normalized spacial score (nSPS) is 24.6. The summed E-state index contributed by atoms with van der Waals surface area (Å²) in [6, 6.07) is 0.0222. The molecule has 2 atom stereocenters. The van der Waals surface area contributed by atoms with Crippen LogP contribution >= 0.6 is 11.3 Å². The van der Waals surface area contributed by atoms with Gasteiger partial charge in [-0.25, -0.2) is 0 Å². The van der Waals surface area contributed by atoms with Crippen molar-refractivity contribution in [2.75, 3.05) is 0 Å². The summed E-state index contributed by atoms with van der Waals surface area (Å²) in [4.78, 5) is 14.2. The lowest BCUT2D eigenvalue weighted by molar-refractivity contribution is -0.130. The Hall–Kier alpha value is -0.870. The molecule has 0 bridgehead atoms. The smallest absolute Gasteiger partial charge is 0.241 e. The molecule has 2 heterocycles. The van der Waals surface area contributed by atoms with Gasteiger partial charge in [0.05, 0.1) is 12.2 Å². The molecule has 4 heteroatoms. The van der Waals surface area contributed by atoms with Crippen LogP contribution in [-0.2, 0) is 11.3 Å². The van der Waals surface area contributed by atoms with E-state index in [0.717, 1.165) is 19.4 Å². The first-order valence-electron chi connectivity index (χ1n) is 6.21. The van der Waals surface area contributed by atoms with Gasteiger partial charge in [-0.05, 0) is 42.2 Å². The molecule has 1 N–H and O–H groups in total. The first-order chi connectivity index (χ1) is 8.13. The summed E-state index contributed by atoms with van der Waals surface area (Å²) < 4.78 is 0. The molecule has 17 heavy (non-hydrogen) atoms. The van der Waals surface area contributed by atoms with Crippen molar-refractivity contribution in [2.24, 2.45) is 0 Å². The molecule has 0 aromatic carbocycles. The number of aryl methyl sites for hydroxylation is 1. The number of carbonyl (C=O) groups excluding carboxylic acids is 1. The van der Waals surface area contributed by atoms with E-state index in [1.165, 1.54) is 11.1 Å². The third-order valence-corrected chi connectivity index (χ3v) is 4.28. The number of amides is 1. The van der Waals surface area contributed by atoms with E-state index >= 15 is 0 Å². The van der Waals surface area contributed by atoms with Crippen molar-refractivity contribution in [1.82, 2.24) is 10.2 Å². The molecule has 1 saturated heterocycles. The maximum absolute atomic E-state index is 12.2. The van der Waals surface area contributed by atoms with Gasteiger partial charge in [0.1, 0.15) is 0 Å². The van der Waals surface area contributed by atoms with Crippen molar-refractivity contribution in [3.05, 3.63) is 21.9 Å². The van der Waals surface area contributed by atoms with Crippen LogP contribution in [0.1, 0.15) is 37.8 Å². The SMILES string of the molecule is CCCC1NC(C)N(Cc2cscc2C)C1=O. The summed E-state index contributed by atoms with van der Waals surface area (Å²) in [5.41, 5.74) is 2.56. The summed E-state index contributed by atoms with van der Waals surface area (Å²) >= 11 is 1.70. The van der Waals surface area contributed by atoms with Crippen molar-refractivity contribution < 1.29 is 4.79 Å². The average molecular weight is 252 g/mol. The second kappa shape index (κ2) is 5.19. The number of hydrogen-bond acceptors (Lipinski definition) is 3. The highest BCUT2D eigenvalue weighted by Crippen LogP contribution is 2.21. The number of rotatable bonds is 4. The second-order valence-corrected chi connectivity index (χ2v) is 5.47. The number of thiophene rings is 1. The molecule has 1 fully saturated rings. The highest BCUT2D eigenvalue weighted by atomic mass is 32.1. The van der Waals surface area contributed by atoms with Crippen molar-refractivity contribution in [3.8, 4) is 0 Å². The Morgan fingerprint density at radius 2 is 2.24 bits per heavy atom. The predicted molar refractivity (Wildman–Crippen MR) is 70.9 cm³/mol. The Kier molecular flexibility index (Phi) is 3.84. The molecule has 0 aliphatic carbocycles. The van der Waals surface area contributed by atoms with E-state index in [2.05, 4.69) is 36.8 Å². The van der Waals surface area contributed by atoms with Crippen molar-refractivity contribution >= 4 is 17.2 Å². The average Bonchev–Trinajstić information content (AvgIpc) is 2.79. The van der Waals surface area contributed by atoms with Gasteiger partial charge in [-0.1, -0.05) is 13.3 Å². The minimum atomic E-state index is 0.0222. The number of carbonyl (C=O) groups is 1. The van der Waals surface area contributed by atoms with Gasteiger partial charge in [0.25, 0.3) is 0 Å². The highest BCUT2D eigenvalue weighted by Gasteiger charge is 2.35. The predicted octanol–water partition coefficient (Wildman–Crippen LogP) is 2.50. The molecular weight excluding hydrogens is 232 g/mol. The molecule has 1 aromatic heterocycles. The lowest BCUT2D eigenvalue weighted by atomic mass is 10.1. The third kappa shape index (κ3) is 2.53. The Balaban J connectivity index is 2.06. The Bertz CT molecular complexity index is 402. The number of nitrogens with one attached hydrogen (secondary N) is 1. The minimum Gasteiger partial charge on any atom is -0.322 e. The molecule has 1 aromatic rings. The van der Waals surface area contributed by atoms with Crippen LogP contribution in [0.25, 0.3) is 0 Å². The molecule has 1 amide bonds. The van der Waals surface area contributed by atoms with Crippen LogP contribution in [0.4, 0.5) is 0 Å². The summed E-state index contributed by atoms with van der Waals surface area (Å²) in [5.74, 6) is 0.255. The Morgan fingerprint density at radius 3 is 2.82 bits per heavy atom. The van der Waals surface area contributed by atoms with Gasteiger partial charge in [-0.3, -0.25) is 10.1 Å². The van der Waals surface area contributed by atoms with Crippen molar-refractivity contribution in [1.29, 1.82) is 0 Å². The molecule has 0 radical (unpaired) electrons. The van der Waals surface area contributed by atoms with E-state index in [4.69, 9.17) is 0 Å². The molecule has 0 saturated carbocycles. The topological polar surface area (TPSA) is 32.3 Å². The first-order valence-corrected chi connectivity index (χ1v) is 7.16. The largest absolute Gasteiger partial charge is 0.322 e. The van der Waals surface area contributed by atoms with Crippen molar-refractivity contribution in [2.45, 2.75) is 52.4 Å². The molecule has 2 unspecified atom stereocenters. The van der Waals surface area contributed by atoms with Crippen LogP contribution in [0, 0.1) is 6.92 Å². The van der Waals surface area contributed by atoms with Crippen LogP contribution in [0.2, 0.25) is 0 Å². The van der Waals surface area contributed by atoms with Gasteiger partial charge >= 0.3 is 0 Å². The number of hydrogen-bond donors (Lipinski definition) is 1. The van der Waals surface area contributed by atoms with E-state index in [1.54, 1.807) is 11.3 Å². The highest BCUT2D eigenvalue weighted by molar-refractivity contribution is 7.08. The number of nitrogens with zero attached hydrogens (tertiary/aromatic N) is 1. The Morgan fingerprint density at radius 1 is 1.47 bits per heavy atom. The van der Waals surface area contributed by atoms with Gasteiger partial charge in [0.15, 0.2) is 0 Å². The first kappa shape index (κ1) is 12.6. The monoisotopic (exact) mass is 252 g/mol. The lowest BCUT2D eigenvalue weighted by Gasteiger charge is -2.20. The van der Waals surface area contributed by atoms with Crippen LogP contribution in [0.5, 0.6) is 0 Å². The zero-order valence-electron chi connectivity index (χ0n) is 10.7. The molecule has 0 spiro atoms. The fourth-order valence-electron chi connectivity index (χ4n) is 2.29. The van der Waals surface area contributed by atoms with E-state index in [1.807, 2.05) is 4.90 Å². The van der Waals surface area contributed by atoms with E-state index < -0.39 is 0 Å². The molecule has 94 valence electrons. The van der Waals surface area contributed by atoms with Gasteiger partial charge in [0.2, 0.25) is 5.91 Å². The van der Waals surface area contributed by atoms with Crippen molar-refractivity contribution in [3.63, 3.8) is 0 Å². The summed E-state index contributed by atoms with van der Waals surface area (Å²) in [5, 5.41) is 7.64. The van der Waals surface area contributed by atoms with Crippen LogP contribution in [-0.4, -0.2) is 23.0 Å². The van der Waals surface area contributed by atoms with Crippen LogP contribution < -0.4 is 5.32 Å². The minimum absolute atomic E-state index is 0.0222. The van der Waals surface area contributed by atoms with Gasteiger partial charge in [0, 0.05) is 6.54 Å². The summed E-state index contributed by atoms with van der Waals surface area (Å²) in [6.45, 7) is 7.02.